The first kappa shape index (κ1) is 7.08. The van der Waals surface area contributed by atoms with E-state index < -0.39 is 0 Å². The van der Waals surface area contributed by atoms with Gasteiger partial charge in [-0.05, 0) is 13.0 Å². The Bertz CT molecular complexity index is 103. The minimum Gasteiger partial charge on any atom is -0.386 e. The average Bonchev–Trinajstić information content (AvgIpc) is 1.83. The molecule has 0 spiro atoms. The molecule has 0 fully saturated rings. The minimum absolute atomic E-state index is 0.683. The van der Waals surface area contributed by atoms with Gasteiger partial charge < -0.3 is 11.1 Å². The van der Waals surface area contributed by atoms with E-state index in [-0.39, 0.29) is 0 Å². The normalized spacial score (nSPS) is 12.5. The van der Waals surface area contributed by atoms with Crippen LogP contribution >= 0.6 is 0 Å². The van der Waals surface area contributed by atoms with Crippen molar-refractivity contribution in [2.45, 2.75) is 6.92 Å². The lowest BCUT2D eigenvalue weighted by Crippen LogP contribution is -2.13. The summed E-state index contributed by atoms with van der Waals surface area (Å²) in [4.78, 5) is 0. The van der Waals surface area contributed by atoms with Crippen molar-refractivity contribution < 1.29 is 0 Å². The standard InChI is InChI=1S/C6H12N2/c1-3-4-5-6(7)8-2/h3-5,8H,7H2,1-2H3/b4-3-,6-5+. The van der Waals surface area contributed by atoms with E-state index in [1.54, 1.807) is 13.1 Å². The van der Waals surface area contributed by atoms with Gasteiger partial charge in [-0.25, -0.2) is 0 Å². The molecule has 0 saturated carbocycles. The van der Waals surface area contributed by atoms with Gasteiger partial charge in [-0.15, -0.1) is 0 Å². The molecule has 0 unspecified atom stereocenters. The Hall–Kier alpha value is -0.920. The topological polar surface area (TPSA) is 38.0 Å². The summed E-state index contributed by atoms with van der Waals surface area (Å²) in [6.45, 7) is 1.94. The monoisotopic (exact) mass is 112 g/mol. The van der Waals surface area contributed by atoms with Gasteiger partial charge in [-0.3, -0.25) is 0 Å². The van der Waals surface area contributed by atoms with Gasteiger partial charge >= 0.3 is 0 Å². The molecule has 3 N–H and O–H groups in total. The quantitative estimate of drug-likeness (QED) is 0.513. The molecular weight excluding hydrogens is 100 g/mol. The lowest BCUT2D eigenvalue weighted by molar-refractivity contribution is 0.965. The van der Waals surface area contributed by atoms with Gasteiger partial charge in [-0.1, -0.05) is 12.2 Å². The zero-order valence-corrected chi connectivity index (χ0v) is 5.31. The predicted molar refractivity (Wildman–Crippen MR) is 36.1 cm³/mol. The number of allylic oxidation sites excluding steroid dienone is 3. The van der Waals surface area contributed by atoms with Crippen LogP contribution in [-0.4, -0.2) is 7.05 Å². The fourth-order valence-corrected chi connectivity index (χ4v) is 0.283. The highest BCUT2D eigenvalue weighted by Gasteiger charge is 1.72. The average molecular weight is 112 g/mol. The van der Waals surface area contributed by atoms with Crippen LogP contribution in [0.4, 0.5) is 0 Å². The molecule has 0 amide bonds. The summed E-state index contributed by atoms with van der Waals surface area (Å²) >= 11 is 0. The zero-order chi connectivity index (χ0) is 6.41. The molecule has 2 nitrogen and oxygen atoms in total. The molecule has 0 aliphatic carbocycles. The molecule has 0 radical (unpaired) electrons. The van der Waals surface area contributed by atoms with Crippen LogP contribution in [0.1, 0.15) is 6.92 Å². The molecule has 0 aliphatic rings. The molecule has 0 aromatic heterocycles. The molecule has 0 heterocycles. The fourth-order valence-electron chi connectivity index (χ4n) is 0.283. The molecule has 0 bridgehead atoms. The number of hydrogen-bond acceptors (Lipinski definition) is 2. The molecule has 0 atom stereocenters. The SMILES string of the molecule is C/C=C\C=C(/N)NC. The first-order valence-corrected chi connectivity index (χ1v) is 2.57. The molecule has 0 aromatic carbocycles. The Morgan fingerprint density at radius 2 is 2.25 bits per heavy atom. The molecule has 0 rings (SSSR count). The Labute approximate surface area is 50.1 Å². The van der Waals surface area contributed by atoms with Gasteiger partial charge in [0.15, 0.2) is 0 Å². The van der Waals surface area contributed by atoms with Crippen LogP contribution in [0.2, 0.25) is 0 Å². The molecule has 0 saturated heterocycles. The maximum absolute atomic E-state index is 5.36. The Morgan fingerprint density at radius 1 is 1.62 bits per heavy atom. The van der Waals surface area contributed by atoms with Gasteiger partial charge in [0.05, 0.1) is 5.82 Å². The lowest BCUT2D eigenvalue weighted by atomic mass is 10.5. The van der Waals surface area contributed by atoms with Crippen molar-refractivity contribution >= 4 is 0 Å². The van der Waals surface area contributed by atoms with Gasteiger partial charge in [0, 0.05) is 7.05 Å². The van der Waals surface area contributed by atoms with Gasteiger partial charge in [0.1, 0.15) is 0 Å². The molecular formula is C6H12N2. The summed E-state index contributed by atoms with van der Waals surface area (Å²) in [5.41, 5.74) is 5.36. The third-order valence-corrected chi connectivity index (χ3v) is 0.757. The maximum atomic E-state index is 5.36. The first-order valence-electron chi connectivity index (χ1n) is 2.57. The van der Waals surface area contributed by atoms with E-state index in [0.29, 0.717) is 5.82 Å². The van der Waals surface area contributed by atoms with E-state index in [9.17, 15) is 0 Å². The Kier molecular flexibility index (Phi) is 3.76. The third kappa shape index (κ3) is 3.28. The van der Waals surface area contributed by atoms with Crippen LogP contribution < -0.4 is 11.1 Å². The first-order chi connectivity index (χ1) is 3.81. The second-order valence-electron chi connectivity index (χ2n) is 1.40. The summed E-state index contributed by atoms with van der Waals surface area (Å²) < 4.78 is 0. The molecule has 46 valence electrons. The third-order valence-electron chi connectivity index (χ3n) is 0.757. The van der Waals surface area contributed by atoms with Crippen LogP contribution in [0.3, 0.4) is 0 Å². The fraction of sp³-hybridized carbons (Fsp3) is 0.333. The predicted octanol–water partition coefficient (Wildman–Crippen LogP) is 0.582. The van der Waals surface area contributed by atoms with E-state index >= 15 is 0 Å². The van der Waals surface area contributed by atoms with Crippen molar-refractivity contribution in [3.63, 3.8) is 0 Å². The second kappa shape index (κ2) is 4.24. The van der Waals surface area contributed by atoms with Crippen LogP contribution in [-0.2, 0) is 0 Å². The van der Waals surface area contributed by atoms with E-state index in [4.69, 9.17) is 5.73 Å². The maximum Gasteiger partial charge on any atom is 0.0957 e. The molecule has 0 aromatic rings. The Morgan fingerprint density at radius 3 is 2.62 bits per heavy atom. The highest BCUT2D eigenvalue weighted by atomic mass is 14.9. The summed E-state index contributed by atoms with van der Waals surface area (Å²) in [6.07, 6.45) is 5.61. The van der Waals surface area contributed by atoms with Crippen LogP contribution in [0.25, 0.3) is 0 Å². The minimum atomic E-state index is 0.683. The van der Waals surface area contributed by atoms with E-state index in [1.807, 2.05) is 19.1 Å². The number of rotatable bonds is 2. The number of nitrogens with two attached hydrogens (primary N) is 1. The van der Waals surface area contributed by atoms with Crippen molar-refractivity contribution in [2.24, 2.45) is 5.73 Å². The van der Waals surface area contributed by atoms with Crippen LogP contribution in [0, 0.1) is 0 Å². The molecule has 2 heteroatoms. The van der Waals surface area contributed by atoms with E-state index in [0.717, 1.165) is 0 Å². The second-order valence-corrected chi connectivity index (χ2v) is 1.40. The lowest BCUT2D eigenvalue weighted by Gasteiger charge is -1.93. The summed E-state index contributed by atoms with van der Waals surface area (Å²) in [7, 11) is 1.79. The van der Waals surface area contributed by atoms with Gasteiger partial charge in [-0.2, -0.15) is 0 Å². The molecule has 0 aliphatic heterocycles. The van der Waals surface area contributed by atoms with Gasteiger partial charge in [0.2, 0.25) is 0 Å². The largest absolute Gasteiger partial charge is 0.386 e. The van der Waals surface area contributed by atoms with Crippen LogP contribution in [0.15, 0.2) is 24.0 Å². The molecule has 8 heavy (non-hydrogen) atoms. The number of hydrogen-bond donors (Lipinski definition) is 2. The summed E-state index contributed by atoms with van der Waals surface area (Å²) in [6, 6.07) is 0. The van der Waals surface area contributed by atoms with Crippen molar-refractivity contribution in [2.75, 3.05) is 7.05 Å². The highest BCUT2D eigenvalue weighted by Crippen LogP contribution is 1.76. The van der Waals surface area contributed by atoms with Crippen molar-refractivity contribution in [1.29, 1.82) is 0 Å². The van der Waals surface area contributed by atoms with Gasteiger partial charge in [0.25, 0.3) is 0 Å². The number of nitrogens with one attached hydrogen (secondary N) is 1. The van der Waals surface area contributed by atoms with Crippen molar-refractivity contribution in [3.05, 3.63) is 24.0 Å². The van der Waals surface area contributed by atoms with Crippen molar-refractivity contribution in [1.82, 2.24) is 5.32 Å². The summed E-state index contributed by atoms with van der Waals surface area (Å²) in [5, 5.41) is 2.79. The van der Waals surface area contributed by atoms with E-state index in [2.05, 4.69) is 5.32 Å². The van der Waals surface area contributed by atoms with Crippen molar-refractivity contribution in [3.8, 4) is 0 Å². The smallest absolute Gasteiger partial charge is 0.0957 e. The highest BCUT2D eigenvalue weighted by molar-refractivity contribution is 5.06. The van der Waals surface area contributed by atoms with E-state index in [1.165, 1.54) is 0 Å². The van der Waals surface area contributed by atoms with Crippen LogP contribution in [0.5, 0.6) is 0 Å². The Balaban J connectivity index is 3.57. The summed E-state index contributed by atoms with van der Waals surface area (Å²) in [5.74, 6) is 0.683. The zero-order valence-electron chi connectivity index (χ0n) is 5.31.